The van der Waals surface area contributed by atoms with Crippen molar-refractivity contribution in [2.24, 2.45) is 0 Å². The average Bonchev–Trinajstić information content (AvgIpc) is 1.57. The van der Waals surface area contributed by atoms with Gasteiger partial charge < -0.3 is 58.2 Å². The second kappa shape index (κ2) is 34.2. The highest BCUT2D eigenvalue weighted by molar-refractivity contribution is 5.92. The topological polar surface area (TPSA) is 125 Å². The fraction of sp³-hybridized carbons (Fsp3) is 0.208. The van der Waals surface area contributed by atoms with E-state index in [-0.39, 0.29) is 0 Å². The van der Waals surface area contributed by atoms with Crippen LogP contribution in [0.3, 0.4) is 0 Å². The van der Waals surface area contributed by atoms with Gasteiger partial charge in [0.05, 0.1) is 86.8 Å². The van der Waals surface area contributed by atoms with Crippen LogP contribution in [0.2, 0.25) is 0 Å². The Morgan fingerprint density at radius 1 is 0.246 bits per heavy atom. The van der Waals surface area contributed by atoms with Gasteiger partial charge in [-0.05, 0) is 267 Å². The smallest absolute Gasteiger partial charge is 0.203 e. The van der Waals surface area contributed by atoms with Crippen LogP contribution in [0.15, 0.2) is 218 Å². The number of fused-ring (bicyclic) bond motifs is 8. The van der Waals surface area contributed by atoms with Gasteiger partial charge in [-0.1, -0.05) is 196 Å². The minimum absolute atomic E-state index is 0.508. The molecular formula is C106H106N6O6. The third-order valence-corrected chi connectivity index (χ3v) is 23.6. The maximum atomic E-state index is 6.27. The third kappa shape index (κ3) is 15.2. The molecule has 4 N–H and O–H groups in total. The summed E-state index contributed by atoms with van der Waals surface area (Å²) in [7, 11) is 10.1. The molecule has 4 aromatic heterocycles. The molecule has 0 radical (unpaired) electrons. The van der Waals surface area contributed by atoms with E-state index in [0.717, 1.165) is 167 Å². The summed E-state index contributed by atoms with van der Waals surface area (Å²) in [6, 6.07) is 79.0. The van der Waals surface area contributed by atoms with Crippen LogP contribution < -0.4 is 59.6 Å². The Morgan fingerprint density at radius 3 is 0.720 bits per heavy atom. The van der Waals surface area contributed by atoms with Gasteiger partial charge in [-0.15, -0.1) is 0 Å². The number of aryl methyl sites for hydroxylation is 4. The van der Waals surface area contributed by atoms with Crippen LogP contribution in [-0.4, -0.2) is 62.6 Å². The number of hydrogen-bond acceptors (Lipinski definition) is 8. The zero-order valence-electron chi connectivity index (χ0n) is 71.3. The van der Waals surface area contributed by atoms with E-state index in [0.29, 0.717) is 60.2 Å². The van der Waals surface area contributed by atoms with E-state index in [9.17, 15) is 0 Å². The summed E-state index contributed by atoms with van der Waals surface area (Å²) in [4.78, 5) is 21.9. The highest BCUT2D eigenvalue weighted by atomic mass is 16.5. The second-order valence-electron chi connectivity index (χ2n) is 30.8. The number of aromatic amines is 4. The van der Waals surface area contributed by atoms with Crippen molar-refractivity contribution in [3.8, 4) is 34.5 Å². The van der Waals surface area contributed by atoms with E-state index in [2.05, 4.69) is 356 Å². The van der Waals surface area contributed by atoms with Gasteiger partial charge in [-0.2, -0.15) is 0 Å². The summed E-state index contributed by atoms with van der Waals surface area (Å²) in [6.45, 7) is 26.7. The van der Waals surface area contributed by atoms with Crippen LogP contribution in [0.25, 0.3) is 46.6 Å². The number of nitrogens with one attached hydrogen (secondary N) is 4. The number of methoxy groups -OCH3 is 6. The zero-order chi connectivity index (χ0) is 82.7. The monoisotopic (exact) mass is 1560 g/mol. The predicted octanol–water partition coefficient (Wildman–Crippen LogP) is 22.4. The largest absolute Gasteiger partial charge is 0.493 e. The first kappa shape index (κ1) is 79.9. The molecule has 14 aromatic rings. The van der Waals surface area contributed by atoms with Crippen molar-refractivity contribution in [2.45, 2.75) is 109 Å². The highest BCUT2D eigenvalue weighted by Crippen LogP contribution is 2.46. The van der Waals surface area contributed by atoms with Crippen LogP contribution in [-0.2, 0) is 25.7 Å². The maximum Gasteiger partial charge on any atom is 0.203 e. The number of aromatic nitrogens is 4. The van der Waals surface area contributed by atoms with Crippen molar-refractivity contribution < 1.29 is 28.4 Å². The summed E-state index contributed by atoms with van der Waals surface area (Å²) in [5, 5.41) is 3.92. The number of hydrogen-bond donors (Lipinski definition) is 4. The number of nitrogens with zero attached hydrogens (tertiary/aromatic N) is 2. The Labute approximate surface area is 694 Å². The van der Waals surface area contributed by atoms with Crippen molar-refractivity contribution in [3.63, 3.8) is 0 Å². The van der Waals surface area contributed by atoms with Gasteiger partial charge in [0.1, 0.15) is 0 Å². The Balaban J connectivity index is 0.956. The van der Waals surface area contributed by atoms with Gasteiger partial charge in [-0.3, -0.25) is 0 Å². The summed E-state index contributed by atoms with van der Waals surface area (Å²) >= 11 is 0. The molecule has 0 spiro atoms. The molecule has 0 amide bonds. The molecule has 118 heavy (non-hydrogen) atoms. The Kier molecular flexibility index (Phi) is 23.2. The summed E-state index contributed by atoms with van der Waals surface area (Å²) < 4.78 is 37.3. The molecule has 12 nitrogen and oxygen atoms in total. The molecule has 0 saturated heterocycles. The SMILES string of the molecule is CCc1c2[nH]c(c1C)C(c1cc(OC)c(OC)c(OC)c1)=c1[nH]c(c(CC)c1C)=C(c1ccc(/C=C/c3ccc(N(c4ccc(C)cc4)c4ccc(C)cc4)cc3)cc1)c1[nH]c(c(C)c1CC)C(c1cc(OC)c(OC)c(OC)c1)=c1[nH]c(c(CC)c1C)=C2c1ccc(/C=C/c2ccc(N(c3ccc(C)cc3)c3ccc(C)cc3)cc2)cc1. The van der Waals surface area contributed by atoms with Crippen molar-refractivity contribution in [1.82, 2.24) is 19.9 Å². The molecule has 1 aliphatic rings. The normalized spacial score (nSPS) is 12.2. The molecular weight excluding hydrogens is 1450 g/mol. The van der Waals surface area contributed by atoms with E-state index in [1.54, 1.807) is 42.7 Å². The number of anilines is 6. The van der Waals surface area contributed by atoms with Gasteiger partial charge in [0, 0.05) is 56.4 Å². The first-order valence-electron chi connectivity index (χ1n) is 41.0. The molecule has 0 fully saturated rings. The number of H-pyrrole nitrogens is 4. The van der Waals surface area contributed by atoms with E-state index in [4.69, 9.17) is 28.4 Å². The predicted molar refractivity (Wildman–Crippen MR) is 489 cm³/mol. The standard InChI is InChI=1S/C106H106N6O6/c1-19-85-67(9)97-95(77-59-89(113-13)105(117-17)90(60-77)114-14)98-69(11)87(21-3)103(109-98)94(76-45-37-72(38-46-76)32-34-74-41-57-84(58-42-74)112(81-51-27-65(7)28-52-81)82-53-29-66(8)30-54-82)104-88(22-4)70(12)100(110-104)96(78-61-91(115-15)106(118-18)92(62-78)116-16)99-68(10)86(20-2)102(108-99)93(101(85)107-97)75-43-35-71(36-44-75)31-33-73-39-55-83(56-40-73)111(79-47-23-63(5)24-48-79)80-49-25-64(6)26-50-80/h23-62,107-110H,19-22H2,1-18H3/b33-31+,34-32+,97-95?,98-95?,99-96?,100-96?,101-93?,102-93?,103-94?,104-94?. The summed E-state index contributed by atoms with van der Waals surface area (Å²) in [5.41, 5.74) is 36.7. The lowest BCUT2D eigenvalue weighted by Crippen LogP contribution is -2.21. The average molecular weight is 1560 g/mol. The van der Waals surface area contributed by atoms with E-state index in [1.807, 2.05) is 0 Å². The molecule has 8 bridgehead atoms. The first-order chi connectivity index (χ1) is 57.3. The minimum atomic E-state index is 0.508. The molecule has 15 rings (SSSR count). The van der Waals surface area contributed by atoms with E-state index in [1.165, 1.54) is 44.5 Å². The minimum Gasteiger partial charge on any atom is -0.493 e. The van der Waals surface area contributed by atoms with Gasteiger partial charge in [-0.25, -0.2) is 0 Å². The zero-order valence-corrected chi connectivity index (χ0v) is 71.3. The molecule has 12 heteroatoms. The Bertz CT molecular complexity index is 5860. The van der Waals surface area contributed by atoms with Crippen LogP contribution >= 0.6 is 0 Å². The van der Waals surface area contributed by atoms with Crippen molar-refractivity contribution in [2.75, 3.05) is 52.5 Å². The fourth-order valence-electron chi connectivity index (χ4n) is 17.3. The van der Waals surface area contributed by atoms with Gasteiger partial charge in [0.2, 0.25) is 11.5 Å². The molecule has 1 aliphatic heterocycles. The third-order valence-electron chi connectivity index (χ3n) is 23.6. The molecule has 10 aromatic carbocycles. The van der Waals surface area contributed by atoms with Crippen molar-refractivity contribution >= 4 is 80.7 Å². The van der Waals surface area contributed by atoms with Gasteiger partial charge >= 0.3 is 0 Å². The lowest BCUT2D eigenvalue weighted by atomic mass is 9.92. The summed E-state index contributed by atoms with van der Waals surface area (Å²) in [6.07, 6.45) is 11.7. The molecule has 0 atom stereocenters. The van der Waals surface area contributed by atoms with Crippen LogP contribution in [0, 0.1) is 55.4 Å². The lowest BCUT2D eigenvalue weighted by molar-refractivity contribution is 0.324. The van der Waals surface area contributed by atoms with Crippen LogP contribution in [0.1, 0.15) is 162 Å². The van der Waals surface area contributed by atoms with Crippen LogP contribution in [0.4, 0.5) is 34.1 Å². The van der Waals surface area contributed by atoms with E-state index >= 15 is 0 Å². The molecule has 5 heterocycles. The maximum absolute atomic E-state index is 6.27. The summed E-state index contributed by atoms with van der Waals surface area (Å²) in [5.74, 6) is 3.19. The van der Waals surface area contributed by atoms with Gasteiger partial charge in [0.15, 0.2) is 23.0 Å². The van der Waals surface area contributed by atoms with E-state index < -0.39 is 0 Å². The molecule has 596 valence electrons. The highest BCUT2D eigenvalue weighted by Gasteiger charge is 2.31. The first-order valence-corrected chi connectivity index (χ1v) is 41.0. The van der Waals surface area contributed by atoms with Gasteiger partial charge in [0.25, 0.3) is 0 Å². The number of rotatable bonds is 24. The fourth-order valence-corrected chi connectivity index (χ4v) is 17.3. The second-order valence-corrected chi connectivity index (χ2v) is 30.8. The molecule has 0 unspecified atom stereocenters. The Morgan fingerprint density at radius 2 is 0.483 bits per heavy atom. The molecule has 0 saturated carbocycles. The number of ether oxygens (including phenoxy) is 6. The number of benzene rings is 10. The Hall–Kier alpha value is -13.3. The van der Waals surface area contributed by atoms with Crippen molar-refractivity contribution in [3.05, 3.63) is 374 Å². The lowest BCUT2D eigenvalue weighted by Gasteiger charge is -2.25. The quantitative estimate of drug-likeness (QED) is 0.0441. The molecule has 0 aliphatic carbocycles. The van der Waals surface area contributed by atoms with Crippen molar-refractivity contribution in [1.29, 1.82) is 0 Å². The van der Waals surface area contributed by atoms with Crippen LogP contribution in [0.5, 0.6) is 34.5 Å².